The molecule has 0 saturated carbocycles. The number of carboxylic acid groups (broad SMARTS) is 1. The first-order chi connectivity index (χ1) is 12.5. The average Bonchev–Trinajstić information content (AvgIpc) is 2.67. The number of hydrogen-bond acceptors (Lipinski definition) is 4. The van der Waals surface area contributed by atoms with Crippen molar-refractivity contribution in [1.29, 1.82) is 0 Å². The van der Waals surface area contributed by atoms with E-state index in [-0.39, 0.29) is 24.7 Å². The molecule has 1 aromatic rings. The Balaban J connectivity index is 1.56. The lowest BCUT2D eigenvalue weighted by molar-refractivity contribution is -0.159. The third-order valence-electron chi connectivity index (χ3n) is 5.14. The van der Waals surface area contributed by atoms with Gasteiger partial charge in [0.1, 0.15) is 0 Å². The van der Waals surface area contributed by atoms with E-state index in [1.165, 1.54) is 0 Å². The molecule has 1 aromatic carbocycles. The Bertz CT molecular complexity index is 668. The number of nitrogens with zero attached hydrogens (tertiary/aromatic N) is 2. The van der Waals surface area contributed by atoms with E-state index in [4.69, 9.17) is 9.84 Å². The molecule has 2 aliphatic rings. The normalized spacial score (nSPS) is 19.4. The molecular formula is C19H24N2O5. The first kappa shape index (κ1) is 18.4. The number of likely N-dealkylation sites (tertiary alicyclic amines) is 1. The van der Waals surface area contributed by atoms with E-state index in [1.807, 2.05) is 35.2 Å². The third kappa shape index (κ3) is 4.22. The van der Waals surface area contributed by atoms with Gasteiger partial charge in [0.05, 0.1) is 18.6 Å². The highest BCUT2D eigenvalue weighted by atomic mass is 16.5. The molecule has 2 fully saturated rings. The highest BCUT2D eigenvalue weighted by molar-refractivity contribution is 5.94. The van der Waals surface area contributed by atoms with Gasteiger partial charge >= 0.3 is 5.97 Å². The predicted molar refractivity (Wildman–Crippen MR) is 93.7 cm³/mol. The summed E-state index contributed by atoms with van der Waals surface area (Å²) in [6.45, 7) is 2.59. The van der Waals surface area contributed by atoms with Crippen LogP contribution in [0.3, 0.4) is 0 Å². The van der Waals surface area contributed by atoms with Crippen LogP contribution in [0.25, 0.3) is 0 Å². The Morgan fingerprint density at radius 3 is 2.35 bits per heavy atom. The predicted octanol–water partition coefficient (Wildman–Crippen LogP) is 1.39. The van der Waals surface area contributed by atoms with Gasteiger partial charge in [0.15, 0.2) is 0 Å². The molecule has 7 heteroatoms. The minimum absolute atomic E-state index is 0.0179. The highest BCUT2D eigenvalue weighted by Gasteiger charge is 2.41. The fourth-order valence-corrected chi connectivity index (χ4v) is 3.61. The van der Waals surface area contributed by atoms with Crippen molar-refractivity contribution in [1.82, 2.24) is 9.80 Å². The summed E-state index contributed by atoms with van der Waals surface area (Å²) in [5.74, 6) is -1.09. The van der Waals surface area contributed by atoms with Gasteiger partial charge in [-0.15, -0.1) is 0 Å². The second-order valence-electron chi connectivity index (χ2n) is 6.90. The van der Waals surface area contributed by atoms with Gasteiger partial charge in [0.25, 0.3) is 5.91 Å². The van der Waals surface area contributed by atoms with Crippen LogP contribution in [-0.2, 0) is 14.3 Å². The number of piperidine rings is 1. The summed E-state index contributed by atoms with van der Waals surface area (Å²) in [6, 6.07) is 9.21. The second kappa shape index (κ2) is 7.86. The number of morpholine rings is 1. The van der Waals surface area contributed by atoms with E-state index in [9.17, 15) is 14.4 Å². The smallest absolute Gasteiger partial charge is 0.303 e. The molecule has 0 radical (unpaired) electrons. The number of aliphatic carboxylic acids is 1. The molecule has 0 unspecified atom stereocenters. The fourth-order valence-electron chi connectivity index (χ4n) is 3.61. The summed E-state index contributed by atoms with van der Waals surface area (Å²) in [6.07, 6.45) is 1.22. The van der Waals surface area contributed by atoms with Crippen LogP contribution in [0.15, 0.2) is 30.3 Å². The molecule has 140 valence electrons. The van der Waals surface area contributed by atoms with E-state index in [2.05, 4.69) is 0 Å². The zero-order valence-electron chi connectivity index (χ0n) is 14.7. The van der Waals surface area contributed by atoms with Gasteiger partial charge in [0, 0.05) is 38.2 Å². The van der Waals surface area contributed by atoms with Gasteiger partial charge in [0.2, 0.25) is 5.91 Å². The van der Waals surface area contributed by atoms with Gasteiger partial charge < -0.3 is 19.6 Å². The molecule has 0 aromatic heterocycles. The number of carbonyl (C=O) groups excluding carboxylic acids is 2. The Morgan fingerprint density at radius 1 is 1.00 bits per heavy atom. The minimum Gasteiger partial charge on any atom is -0.481 e. The Labute approximate surface area is 152 Å². The molecule has 3 rings (SSSR count). The van der Waals surface area contributed by atoms with Gasteiger partial charge in [-0.05, 0) is 25.0 Å². The van der Waals surface area contributed by atoms with Gasteiger partial charge in [-0.1, -0.05) is 18.2 Å². The molecule has 26 heavy (non-hydrogen) atoms. The Morgan fingerprint density at radius 2 is 1.69 bits per heavy atom. The molecule has 0 bridgehead atoms. The van der Waals surface area contributed by atoms with Crippen molar-refractivity contribution >= 4 is 17.8 Å². The Hall–Kier alpha value is -2.41. The van der Waals surface area contributed by atoms with Crippen molar-refractivity contribution in [3.05, 3.63) is 35.9 Å². The molecule has 1 N–H and O–H groups in total. The van der Waals surface area contributed by atoms with Crippen molar-refractivity contribution in [3.63, 3.8) is 0 Å². The lowest BCUT2D eigenvalue weighted by Crippen LogP contribution is -2.58. The summed E-state index contributed by atoms with van der Waals surface area (Å²) in [5.41, 5.74) is 0.253. The van der Waals surface area contributed by atoms with Crippen LogP contribution >= 0.6 is 0 Å². The summed E-state index contributed by atoms with van der Waals surface area (Å²) in [7, 11) is 0. The minimum atomic E-state index is -0.964. The van der Waals surface area contributed by atoms with Crippen molar-refractivity contribution in [2.75, 3.05) is 32.8 Å². The first-order valence-corrected chi connectivity index (χ1v) is 8.97. The molecule has 7 nitrogen and oxygen atoms in total. The van der Waals surface area contributed by atoms with E-state index in [0.29, 0.717) is 51.2 Å². The van der Waals surface area contributed by atoms with Crippen molar-refractivity contribution in [3.8, 4) is 0 Å². The largest absolute Gasteiger partial charge is 0.481 e. The molecule has 2 saturated heterocycles. The number of hydrogen-bond donors (Lipinski definition) is 1. The van der Waals surface area contributed by atoms with Crippen LogP contribution in [0.1, 0.15) is 36.0 Å². The standard InChI is InChI=1S/C19H24N2O5/c22-16(6-7-17(23)24)21-12-13-26-19(14-21)8-10-20(11-9-19)18(25)15-4-2-1-3-5-15/h1-5H,6-14H2,(H,23,24). The Kier molecular flexibility index (Phi) is 5.56. The quantitative estimate of drug-likeness (QED) is 0.877. The number of benzene rings is 1. The maximum Gasteiger partial charge on any atom is 0.303 e. The topological polar surface area (TPSA) is 87.2 Å². The molecular weight excluding hydrogens is 336 g/mol. The van der Waals surface area contributed by atoms with E-state index < -0.39 is 11.6 Å². The van der Waals surface area contributed by atoms with Crippen LogP contribution in [0.2, 0.25) is 0 Å². The van der Waals surface area contributed by atoms with Crippen LogP contribution in [0, 0.1) is 0 Å². The summed E-state index contributed by atoms with van der Waals surface area (Å²) in [5, 5.41) is 8.75. The van der Waals surface area contributed by atoms with Crippen LogP contribution in [0.4, 0.5) is 0 Å². The van der Waals surface area contributed by atoms with Crippen molar-refractivity contribution in [2.24, 2.45) is 0 Å². The SMILES string of the molecule is O=C(O)CCC(=O)N1CCOC2(CCN(C(=O)c3ccccc3)CC2)C1. The summed E-state index contributed by atoms with van der Waals surface area (Å²) >= 11 is 0. The van der Waals surface area contributed by atoms with Crippen LogP contribution < -0.4 is 0 Å². The number of carboxylic acids is 1. The average molecular weight is 360 g/mol. The van der Waals surface area contributed by atoms with E-state index >= 15 is 0 Å². The molecule has 1 spiro atoms. The van der Waals surface area contributed by atoms with Gasteiger partial charge in [-0.25, -0.2) is 0 Å². The molecule has 0 atom stereocenters. The zero-order chi connectivity index (χ0) is 18.6. The number of ether oxygens (including phenoxy) is 1. The first-order valence-electron chi connectivity index (χ1n) is 8.97. The van der Waals surface area contributed by atoms with Gasteiger partial charge in [-0.3, -0.25) is 14.4 Å². The number of carbonyl (C=O) groups is 3. The van der Waals surface area contributed by atoms with Gasteiger partial charge in [-0.2, -0.15) is 0 Å². The number of rotatable bonds is 4. The summed E-state index contributed by atoms with van der Waals surface area (Å²) in [4.78, 5) is 39.0. The second-order valence-corrected chi connectivity index (χ2v) is 6.90. The van der Waals surface area contributed by atoms with E-state index in [0.717, 1.165) is 0 Å². The zero-order valence-corrected chi connectivity index (χ0v) is 14.7. The number of amides is 2. The molecule has 2 amide bonds. The summed E-state index contributed by atoms with van der Waals surface area (Å²) < 4.78 is 6.00. The van der Waals surface area contributed by atoms with E-state index in [1.54, 1.807) is 4.90 Å². The lowest BCUT2D eigenvalue weighted by atomic mass is 9.89. The molecule has 2 heterocycles. The maximum absolute atomic E-state index is 12.6. The fraction of sp³-hybridized carbons (Fsp3) is 0.526. The van der Waals surface area contributed by atoms with Crippen molar-refractivity contribution < 1.29 is 24.2 Å². The monoisotopic (exact) mass is 360 g/mol. The lowest BCUT2D eigenvalue weighted by Gasteiger charge is -2.47. The molecule has 0 aliphatic carbocycles. The van der Waals surface area contributed by atoms with Crippen LogP contribution in [0.5, 0.6) is 0 Å². The van der Waals surface area contributed by atoms with Crippen LogP contribution in [-0.4, -0.2) is 71.1 Å². The van der Waals surface area contributed by atoms with Crippen molar-refractivity contribution in [2.45, 2.75) is 31.3 Å². The third-order valence-corrected chi connectivity index (χ3v) is 5.14. The maximum atomic E-state index is 12.6. The molecule has 2 aliphatic heterocycles. The highest BCUT2D eigenvalue weighted by Crippen LogP contribution is 2.31.